The summed E-state index contributed by atoms with van der Waals surface area (Å²) in [7, 11) is -3.49. The van der Waals surface area contributed by atoms with Crippen LogP contribution in [0.3, 0.4) is 0 Å². The highest BCUT2D eigenvalue weighted by Gasteiger charge is 2.41. The minimum atomic E-state index is -3.49. The van der Waals surface area contributed by atoms with Crippen LogP contribution in [0.25, 0.3) is 5.57 Å². The van der Waals surface area contributed by atoms with E-state index in [0.717, 1.165) is 6.26 Å². The fraction of sp³-hybridized carbons (Fsp3) is 0.273. The monoisotopic (exact) mass is 465 g/mol. The molecule has 0 heterocycles. The minimum absolute atomic E-state index is 0.0755. The molecule has 0 spiro atoms. The molecule has 2 aromatic carbocycles. The second-order valence-electron chi connectivity index (χ2n) is 7.20. The highest BCUT2D eigenvalue weighted by Crippen LogP contribution is 2.43. The number of hydrogen-bond acceptors (Lipinski definition) is 5. The molecule has 3 rings (SSSR count). The van der Waals surface area contributed by atoms with Gasteiger partial charge in [-0.2, -0.15) is 0 Å². The molecule has 0 fully saturated rings. The maximum atomic E-state index is 14.7. The summed E-state index contributed by atoms with van der Waals surface area (Å²) in [5, 5.41) is 0.112. The van der Waals surface area contributed by atoms with Crippen molar-refractivity contribution in [2.24, 2.45) is 5.92 Å². The number of ether oxygens (including phenoxy) is 1. The van der Waals surface area contributed by atoms with Crippen LogP contribution in [0.5, 0.6) is 0 Å². The van der Waals surface area contributed by atoms with Gasteiger partial charge < -0.3 is 4.74 Å². The molecule has 1 aliphatic rings. The Morgan fingerprint density at radius 1 is 1.26 bits per heavy atom. The fourth-order valence-corrected chi connectivity index (χ4v) is 4.58. The van der Waals surface area contributed by atoms with Crippen LogP contribution in [0.4, 0.5) is 10.1 Å². The first-order chi connectivity index (χ1) is 14.6. The number of ketones is 1. The molecule has 1 N–H and O–H groups in total. The van der Waals surface area contributed by atoms with Crippen molar-refractivity contribution < 1.29 is 27.1 Å². The number of halogens is 2. The number of rotatable bonds is 6. The van der Waals surface area contributed by atoms with E-state index in [9.17, 15) is 22.4 Å². The Labute approximate surface area is 185 Å². The number of nitrogens with one attached hydrogen (secondary N) is 1. The quantitative estimate of drug-likeness (QED) is 0.511. The normalized spacial score (nSPS) is 19.0. The Kier molecular flexibility index (Phi) is 6.81. The molecular formula is C22H21ClFNO5S. The van der Waals surface area contributed by atoms with Gasteiger partial charge in [0.05, 0.1) is 12.9 Å². The van der Waals surface area contributed by atoms with Crippen molar-refractivity contribution in [3.63, 3.8) is 0 Å². The predicted molar refractivity (Wildman–Crippen MR) is 117 cm³/mol. The Balaban J connectivity index is 2.07. The highest BCUT2D eigenvalue weighted by molar-refractivity contribution is 7.92. The smallest absolute Gasteiger partial charge is 0.317 e. The summed E-state index contributed by atoms with van der Waals surface area (Å²) in [6.07, 6.45) is 2.49. The first-order valence-electron chi connectivity index (χ1n) is 9.54. The van der Waals surface area contributed by atoms with Crippen LogP contribution in [-0.2, 0) is 24.3 Å². The average molecular weight is 466 g/mol. The number of carbonyl (C=O) groups is 2. The first-order valence-corrected chi connectivity index (χ1v) is 11.8. The summed E-state index contributed by atoms with van der Waals surface area (Å²) in [6, 6.07) is 10.7. The third-order valence-corrected chi connectivity index (χ3v) is 5.85. The van der Waals surface area contributed by atoms with Gasteiger partial charge in [-0.15, -0.1) is 0 Å². The van der Waals surface area contributed by atoms with Crippen LogP contribution in [-0.4, -0.2) is 33.0 Å². The van der Waals surface area contributed by atoms with E-state index < -0.39 is 39.4 Å². The number of hydrogen-bond donors (Lipinski definition) is 1. The number of allylic oxidation sites excluding steroid dienone is 2. The zero-order chi connectivity index (χ0) is 22.8. The third kappa shape index (κ3) is 5.32. The van der Waals surface area contributed by atoms with Crippen molar-refractivity contribution in [1.82, 2.24) is 0 Å². The molecule has 31 heavy (non-hydrogen) atoms. The Hall–Kier alpha value is -2.71. The van der Waals surface area contributed by atoms with Crippen molar-refractivity contribution in [3.8, 4) is 0 Å². The molecule has 0 saturated heterocycles. The molecule has 0 aromatic heterocycles. The summed E-state index contributed by atoms with van der Waals surface area (Å²) >= 11 is 6.25. The van der Waals surface area contributed by atoms with Gasteiger partial charge >= 0.3 is 5.97 Å². The first kappa shape index (κ1) is 23.0. The van der Waals surface area contributed by atoms with E-state index in [2.05, 4.69) is 4.72 Å². The van der Waals surface area contributed by atoms with Gasteiger partial charge in [-0.1, -0.05) is 29.8 Å². The molecule has 1 aliphatic carbocycles. The van der Waals surface area contributed by atoms with E-state index in [1.807, 2.05) is 0 Å². The van der Waals surface area contributed by atoms with Gasteiger partial charge in [0.1, 0.15) is 11.7 Å². The zero-order valence-corrected chi connectivity index (χ0v) is 18.5. The van der Waals surface area contributed by atoms with Gasteiger partial charge in [-0.25, -0.2) is 12.8 Å². The van der Waals surface area contributed by atoms with Gasteiger partial charge in [-0.05, 0) is 54.8 Å². The topological polar surface area (TPSA) is 89.5 Å². The van der Waals surface area contributed by atoms with Crippen molar-refractivity contribution >= 4 is 44.6 Å². The molecule has 2 aromatic rings. The molecule has 0 saturated carbocycles. The van der Waals surface area contributed by atoms with E-state index in [4.69, 9.17) is 16.3 Å². The Morgan fingerprint density at radius 2 is 1.97 bits per heavy atom. The largest absolute Gasteiger partial charge is 0.465 e. The van der Waals surface area contributed by atoms with Crippen LogP contribution < -0.4 is 4.72 Å². The highest BCUT2D eigenvalue weighted by atomic mass is 35.5. The second-order valence-corrected chi connectivity index (χ2v) is 9.36. The van der Waals surface area contributed by atoms with E-state index in [0.29, 0.717) is 16.8 Å². The standard InChI is InChI=1S/C22H21ClFNO5S/c1-3-30-22(27)21-16(20-17(23)8-5-9-18(20)24)11-14(12-19(21)26)13-6-4-7-15(10-13)25-31(2,28)29/h4-10,12,16,21,25H,3,11H2,1-2H3/t16-,21-/m1/s1. The van der Waals surface area contributed by atoms with Gasteiger partial charge in [0.25, 0.3) is 0 Å². The van der Waals surface area contributed by atoms with Crippen molar-refractivity contribution in [1.29, 1.82) is 0 Å². The lowest BCUT2D eigenvalue weighted by Gasteiger charge is -2.30. The van der Waals surface area contributed by atoms with Crippen molar-refractivity contribution in [2.75, 3.05) is 17.6 Å². The lowest BCUT2D eigenvalue weighted by Crippen LogP contribution is -2.34. The number of sulfonamides is 1. The number of anilines is 1. The maximum absolute atomic E-state index is 14.7. The maximum Gasteiger partial charge on any atom is 0.317 e. The summed E-state index contributed by atoms with van der Waals surface area (Å²) in [6.45, 7) is 1.70. The number of esters is 1. The third-order valence-electron chi connectivity index (χ3n) is 4.91. The molecule has 0 radical (unpaired) electrons. The predicted octanol–water partition coefficient (Wildman–Crippen LogP) is 4.17. The van der Waals surface area contributed by atoms with Crippen LogP contribution in [0.2, 0.25) is 5.02 Å². The molecule has 0 unspecified atom stereocenters. The average Bonchev–Trinajstić information content (AvgIpc) is 2.66. The van der Waals surface area contributed by atoms with Crippen LogP contribution in [0, 0.1) is 11.7 Å². The fourth-order valence-electron chi connectivity index (χ4n) is 3.72. The lowest BCUT2D eigenvalue weighted by atomic mass is 9.73. The Bertz CT molecular complexity index is 1140. The van der Waals surface area contributed by atoms with Gasteiger partial charge in [-0.3, -0.25) is 14.3 Å². The summed E-state index contributed by atoms with van der Waals surface area (Å²) in [4.78, 5) is 25.5. The molecular weight excluding hydrogens is 445 g/mol. The van der Waals surface area contributed by atoms with E-state index >= 15 is 0 Å². The molecule has 0 bridgehead atoms. The van der Waals surface area contributed by atoms with Crippen molar-refractivity contribution in [2.45, 2.75) is 19.3 Å². The second kappa shape index (κ2) is 9.20. The lowest BCUT2D eigenvalue weighted by molar-refractivity contribution is -0.151. The SMILES string of the molecule is CCOC(=O)[C@H]1C(=O)C=C(c2cccc(NS(C)(=O)=O)c2)C[C@@H]1c1c(F)cccc1Cl. The van der Waals surface area contributed by atoms with Crippen LogP contribution in [0.1, 0.15) is 30.4 Å². The van der Waals surface area contributed by atoms with Crippen LogP contribution in [0.15, 0.2) is 48.5 Å². The van der Waals surface area contributed by atoms with E-state index in [-0.39, 0.29) is 23.6 Å². The number of benzene rings is 2. The van der Waals surface area contributed by atoms with Gasteiger partial charge in [0, 0.05) is 22.2 Å². The van der Waals surface area contributed by atoms with Gasteiger partial charge in [0.2, 0.25) is 10.0 Å². The van der Waals surface area contributed by atoms with E-state index in [1.165, 1.54) is 24.3 Å². The number of carbonyl (C=O) groups excluding carboxylic acids is 2. The molecule has 164 valence electrons. The molecule has 6 nitrogen and oxygen atoms in total. The van der Waals surface area contributed by atoms with E-state index in [1.54, 1.807) is 31.2 Å². The molecule has 0 amide bonds. The molecule has 2 atom stereocenters. The van der Waals surface area contributed by atoms with Crippen LogP contribution >= 0.6 is 11.6 Å². The summed E-state index contributed by atoms with van der Waals surface area (Å²) in [5.41, 5.74) is 1.50. The Morgan fingerprint density at radius 3 is 2.61 bits per heavy atom. The zero-order valence-electron chi connectivity index (χ0n) is 16.9. The van der Waals surface area contributed by atoms with Crippen molar-refractivity contribution in [3.05, 3.63) is 70.5 Å². The van der Waals surface area contributed by atoms with Gasteiger partial charge in [0.15, 0.2) is 5.78 Å². The molecule has 9 heteroatoms. The minimum Gasteiger partial charge on any atom is -0.465 e. The summed E-state index contributed by atoms with van der Waals surface area (Å²) in [5.74, 6) is -3.97. The summed E-state index contributed by atoms with van der Waals surface area (Å²) < 4.78 is 45.3. The molecule has 0 aliphatic heterocycles.